The molecule has 3 aromatic rings. The molecule has 5 heteroatoms. The fourth-order valence-corrected chi connectivity index (χ4v) is 3.15. The Hall–Kier alpha value is -2.27. The van der Waals surface area contributed by atoms with Crippen LogP contribution in [0.4, 0.5) is 0 Å². The third-order valence-electron chi connectivity index (χ3n) is 4.06. The second-order valence-electron chi connectivity index (χ2n) is 7.07. The van der Waals surface area contributed by atoms with Crippen LogP contribution in [0.1, 0.15) is 26.3 Å². The molecule has 2 aromatic carbocycles. The first-order valence-electron chi connectivity index (χ1n) is 8.02. The lowest BCUT2D eigenvalue weighted by Gasteiger charge is -2.19. The molecule has 0 aliphatic heterocycles. The third-order valence-corrected chi connectivity index (χ3v) is 4.68. The highest BCUT2D eigenvalue weighted by Crippen LogP contribution is 2.34. The van der Waals surface area contributed by atoms with Crippen LogP contribution in [-0.2, 0) is 10.2 Å². The highest BCUT2D eigenvalue weighted by molar-refractivity contribution is 9.10. The average molecular weight is 402 g/mol. The number of ether oxygens (including phenoxy) is 1. The number of hydrogen-bond donors (Lipinski definition) is 2. The number of H-pyrrole nitrogens is 1. The molecule has 0 saturated heterocycles. The van der Waals surface area contributed by atoms with E-state index in [1.807, 2.05) is 12.1 Å². The van der Waals surface area contributed by atoms with Gasteiger partial charge in [-0.05, 0) is 56.7 Å². The zero-order valence-corrected chi connectivity index (χ0v) is 16.0. The van der Waals surface area contributed by atoms with E-state index < -0.39 is 5.97 Å². The topological polar surface area (TPSA) is 62.3 Å². The van der Waals surface area contributed by atoms with Gasteiger partial charge in [-0.15, -0.1) is 0 Å². The van der Waals surface area contributed by atoms with Crippen molar-refractivity contribution in [2.24, 2.45) is 0 Å². The van der Waals surface area contributed by atoms with Crippen molar-refractivity contribution in [1.29, 1.82) is 0 Å². The Morgan fingerprint density at radius 1 is 1.20 bits per heavy atom. The monoisotopic (exact) mass is 401 g/mol. The van der Waals surface area contributed by atoms with Gasteiger partial charge in [-0.1, -0.05) is 39.0 Å². The molecule has 25 heavy (non-hydrogen) atoms. The number of aliphatic carboxylic acids is 1. The van der Waals surface area contributed by atoms with Crippen LogP contribution in [0.5, 0.6) is 5.75 Å². The summed E-state index contributed by atoms with van der Waals surface area (Å²) in [5.41, 5.74) is 4.46. The minimum absolute atomic E-state index is 0.0862. The smallest absolute Gasteiger partial charge is 0.341 e. The van der Waals surface area contributed by atoms with E-state index >= 15 is 0 Å². The predicted molar refractivity (Wildman–Crippen MR) is 103 cm³/mol. The van der Waals surface area contributed by atoms with E-state index in [9.17, 15) is 4.79 Å². The number of fused-ring (bicyclic) bond motifs is 1. The van der Waals surface area contributed by atoms with Gasteiger partial charge in [0.25, 0.3) is 0 Å². The summed E-state index contributed by atoms with van der Waals surface area (Å²) in [5, 5.41) is 9.75. The number of hydrogen-bond acceptors (Lipinski definition) is 2. The van der Waals surface area contributed by atoms with Gasteiger partial charge in [-0.25, -0.2) is 4.79 Å². The van der Waals surface area contributed by atoms with E-state index in [1.54, 1.807) is 0 Å². The fourth-order valence-electron chi connectivity index (χ4n) is 2.69. The number of benzene rings is 2. The van der Waals surface area contributed by atoms with E-state index in [1.165, 1.54) is 5.56 Å². The van der Waals surface area contributed by atoms with Crippen molar-refractivity contribution in [3.05, 3.63) is 52.5 Å². The van der Waals surface area contributed by atoms with Crippen LogP contribution in [-0.4, -0.2) is 22.7 Å². The van der Waals surface area contributed by atoms with Crippen LogP contribution in [0.15, 0.2) is 46.9 Å². The highest BCUT2D eigenvalue weighted by atomic mass is 79.9. The number of nitrogens with one attached hydrogen (secondary N) is 1. The molecule has 0 unspecified atom stereocenters. The number of aromatic nitrogens is 1. The lowest BCUT2D eigenvalue weighted by Crippen LogP contribution is -2.10. The van der Waals surface area contributed by atoms with Crippen LogP contribution in [0.3, 0.4) is 0 Å². The largest absolute Gasteiger partial charge is 0.481 e. The number of rotatable bonds is 4. The van der Waals surface area contributed by atoms with Gasteiger partial charge in [-0.2, -0.15) is 0 Å². The van der Waals surface area contributed by atoms with Crippen LogP contribution in [0, 0.1) is 0 Å². The molecular weight excluding hydrogens is 382 g/mol. The number of aromatic amines is 1. The average Bonchev–Trinajstić information content (AvgIpc) is 2.94. The van der Waals surface area contributed by atoms with Gasteiger partial charge in [-0.3, -0.25) is 0 Å². The second kappa shape index (κ2) is 6.56. The van der Waals surface area contributed by atoms with Crippen LogP contribution < -0.4 is 4.74 Å². The van der Waals surface area contributed by atoms with Crippen molar-refractivity contribution in [3.63, 3.8) is 0 Å². The summed E-state index contributed by atoms with van der Waals surface area (Å²) >= 11 is 3.43. The fraction of sp³-hybridized carbons (Fsp3) is 0.250. The zero-order chi connectivity index (χ0) is 18.2. The maximum atomic E-state index is 10.7. The standard InChI is InChI=1S/C20H20BrNO3/c1-20(2,3)14-6-4-5-12(7-14)16-8-13-9-18(25-11-19(23)24)15(21)10-17(13)22-16/h4-10,22H,11H2,1-3H3,(H,23,24). The Kier molecular flexibility index (Phi) is 4.60. The normalized spacial score (nSPS) is 11.7. The van der Waals surface area contributed by atoms with Gasteiger partial charge in [0.2, 0.25) is 0 Å². The lowest BCUT2D eigenvalue weighted by atomic mass is 9.86. The van der Waals surface area contributed by atoms with Crippen LogP contribution in [0.25, 0.3) is 22.2 Å². The molecule has 1 aromatic heterocycles. The molecule has 0 aliphatic carbocycles. The second-order valence-corrected chi connectivity index (χ2v) is 7.92. The molecule has 0 spiro atoms. The molecule has 3 rings (SSSR count). The third kappa shape index (κ3) is 3.87. The Labute approximate surface area is 155 Å². The Morgan fingerprint density at radius 3 is 2.64 bits per heavy atom. The van der Waals surface area contributed by atoms with Crippen molar-refractivity contribution < 1.29 is 14.6 Å². The summed E-state index contributed by atoms with van der Waals surface area (Å²) in [7, 11) is 0. The first-order chi connectivity index (χ1) is 11.7. The maximum Gasteiger partial charge on any atom is 0.341 e. The number of halogens is 1. The van der Waals surface area contributed by atoms with Gasteiger partial charge < -0.3 is 14.8 Å². The Balaban J connectivity index is 2.00. The van der Waals surface area contributed by atoms with Gasteiger partial charge in [0.15, 0.2) is 6.61 Å². The number of carboxylic acids is 1. The Bertz CT molecular complexity index is 938. The van der Waals surface area contributed by atoms with Crippen molar-refractivity contribution in [2.75, 3.05) is 6.61 Å². The maximum absolute atomic E-state index is 10.7. The number of carbonyl (C=O) groups is 1. The van der Waals surface area contributed by atoms with E-state index in [2.05, 4.69) is 72.0 Å². The summed E-state index contributed by atoms with van der Waals surface area (Å²) in [4.78, 5) is 14.1. The quantitative estimate of drug-likeness (QED) is 0.618. The summed E-state index contributed by atoms with van der Waals surface area (Å²) in [6, 6.07) is 14.3. The van der Waals surface area contributed by atoms with E-state index in [0.717, 1.165) is 26.6 Å². The molecule has 2 N–H and O–H groups in total. The van der Waals surface area contributed by atoms with Crippen LogP contribution in [0.2, 0.25) is 0 Å². The molecule has 0 bridgehead atoms. The van der Waals surface area contributed by atoms with Crippen molar-refractivity contribution in [1.82, 2.24) is 4.98 Å². The van der Waals surface area contributed by atoms with Crippen molar-refractivity contribution in [3.8, 4) is 17.0 Å². The molecule has 0 saturated carbocycles. The van der Waals surface area contributed by atoms with Gasteiger partial charge >= 0.3 is 5.97 Å². The minimum atomic E-state index is -0.999. The SMILES string of the molecule is CC(C)(C)c1cccc(-c2cc3cc(OCC(=O)O)c(Br)cc3[nH]2)c1. The molecule has 0 atom stereocenters. The van der Waals surface area contributed by atoms with Crippen molar-refractivity contribution >= 4 is 32.8 Å². The molecule has 130 valence electrons. The molecular formula is C20H20BrNO3. The van der Waals surface area contributed by atoms with Gasteiger partial charge in [0.05, 0.1) is 4.47 Å². The molecule has 4 nitrogen and oxygen atoms in total. The predicted octanol–water partition coefficient (Wildman–Crippen LogP) is 5.36. The highest BCUT2D eigenvalue weighted by Gasteiger charge is 2.15. The molecule has 0 aliphatic rings. The molecule has 0 fully saturated rings. The van der Waals surface area contributed by atoms with Crippen molar-refractivity contribution in [2.45, 2.75) is 26.2 Å². The molecule has 0 radical (unpaired) electrons. The summed E-state index contributed by atoms with van der Waals surface area (Å²) in [5.74, 6) is -0.482. The van der Waals surface area contributed by atoms with E-state index in [4.69, 9.17) is 9.84 Å². The lowest BCUT2D eigenvalue weighted by molar-refractivity contribution is -0.139. The molecule has 1 heterocycles. The summed E-state index contributed by atoms with van der Waals surface area (Å²) < 4.78 is 6.05. The zero-order valence-electron chi connectivity index (χ0n) is 14.4. The van der Waals surface area contributed by atoms with E-state index in [0.29, 0.717) is 5.75 Å². The Morgan fingerprint density at radius 2 is 1.96 bits per heavy atom. The summed E-state index contributed by atoms with van der Waals surface area (Å²) in [6.45, 7) is 6.22. The first kappa shape index (κ1) is 17.5. The summed E-state index contributed by atoms with van der Waals surface area (Å²) in [6.07, 6.45) is 0. The van der Waals surface area contributed by atoms with E-state index in [-0.39, 0.29) is 12.0 Å². The number of carboxylic acid groups (broad SMARTS) is 1. The van der Waals surface area contributed by atoms with Gasteiger partial charge in [0.1, 0.15) is 5.75 Å². The minimum Gasteiger partial charge on any atom is -0.481 e. The first-order valence-corrected chi connectivity index (χ1v) is 8.81. The van der Waals surface area contributed by atoms with Crippen LogP contribution >= 0.6 is 15.9 Å². The van der Waals surface area contributed by atoms with Gasteiger partial charge in [0, 0.05) is 16.6 Å². The molecule has 0 amide bonds.